The van der Waals surface area contributed by atoms with Gasteiger partial charge in [-0.25, -0.2) is 17.6 Å². The van der Waals surface area contributed by atoms with E-state index in [0.29, 0.717) is 24.3 Å². The smallest absolute Gasteiger partial charge is 0.428 e. The molecule has 4 aromatic carbocycles. The van der Waals surface area contributed by atoms with Crippen LogP contribution in [0.4, 0.5) is 52.7 Å². The highest BCUT2D eigenvalue weighted by Crippen LogP contribution is 2.33. The maximum atomic E-state index is 13.6. The molecule has 6 nitrogen and oxygen atoms in total. The van der Waals surface area contributed by atoms with Crippen molar-refractivity contribution in [2.24, 2.45) is 0 Å². The molecule has 0 aliphatic rings. The third-order valence-corrected chi connectivity index (χ3v) is 6.39. The number of ketones is 1. The summed E-state index contributed by atoms with van der Waals surface area (Å²) in [5.74, 6) is -6.59. The quantitative estimate of drug-likeness (QED) is 0.102. The van der Waals surface area contributed by atoms with Crippen molar-refractivity contribution in [3.8, 4) is 11.5 Å². The Kier molecular flexibility index (Phi) is 12.9. The summed E-state index contributed by atoms with van der Waals surface area (Å²) in [5.41, 5.74) is -1.24. The van der Waals surface area contributed by atoms with E-state index in [9.17, 15) is 62.6 Å². The molecular weight excluding hydrogens is 708 g/mol. The van der Waals surface area contributed by atoms with Gasteiger partial charge in [0, 0.05) is 34.4 Å². The monoisotopic (exact) mass is 730 g/mol. The maximum absolute atomic E-state index is 13.6. The molecule has 50 heavy (non-hydrogen) atoms. The Labute approximate surface area is 273 Å². The van der Waals surface area contributed by atoms with Crippen molar-refractivity contribution in [1.82, 2.24) is 0 Å². The number of hydrogen-bond donors (Lipinski definition) is 3. The molecule has 1 atom stereocenters. The second-order valence-electron chi connectivity index (χ2n) is 10.0. The highest BCUT2D eigenvalue weighted by Gasteiger charge is 2.45. The normalized spacial score (nSPS) is 12.4. The summed E-state index contributed by atoms with van der Waals surface area (Å²) in [6.07, 6.45) is -19.6. The van der Waals surface area contributed by atoms with Crippen LogP contribution in [0.2, 0.25) is 0 Å². The van der Waals surface area contributed by atoms with Crippen molar-refractivity contribution in [2.75, 3.05) is 0 Å². The molecule has 0 spiro atoms. The molecular formula is C32H22F12O6. The van der Waals surface area contributed by atoms with Gasteiger partial charge in [0.1, 0.15) is 40.9 Å². The van der Waals surface area contributed by atoms with Gasteiger partial charge in [-0.3, -0.25) is 4.79 Å². The van der Waals surface area contributed by atoms with Crippen LogP contribution in [0.5, 0.6) is 11.5 Å². The van der Waals surface area contributed by atoms with E-state index in [1.54, 1.807) is 0 Å². The van der Waals surface area contributed by atoms with Crippen LogP contribution in [-0.2, 0) is 13.2 Å². The number of aliphatic hydroxyl groups is 3. The number of carbonyl (C=O) groups is 1. The SMILES string of the molecule is O=C(c1cc(F)cc(OC(F)(F)C(F)F)c1)c1ccc(F)c(CO)c1.OCc1cc(C(O)c2cc(F)cc(OC(F)(F)C(F)F)c2)ccc1F. The van der Waals surface area contributed by atoms with Crippen LogP contribution in [0.3, 0.4) is 0 Å². The van der Waals surface area contributed by atoms with E-state index in [4.69, 9.17) is 10.2 Å². The number of rotatable bonds is 12. The summed E-state index contributed by atoms with van der Waals surface area (Å²) in [6, 6.07) is 9.84. The van der Waals surface area contributed by atoms with Crippen LogP contribution in [0.15, 0.2) is 72.8 Å². The predicted molar refractivity (Wildman–Crippen MR) is 148 cm³/mol. The molecule has 0 aliphatic heterocycles. The zero-order valence-electron chi connectivity index (χ0n) is 24.7. The summed E-state index contributed by atoms with van der Waals surface area (Å²) in [7, 11) is 0. The molecule has 270 valence electrons. The number of carbonyl (C=O) groups excluding carboxylic acids is 1. The number of ether oxygens (including phenoxy) is 2. The third kappa shape index (κ3) is 10.1. The molecule has 4 aromatic rings. The van der Waals surface area contributed by atoms with Crippen molar-refractivity contribution >= 4 is 5.78 Å². The van der Waals surface area contributed by atoms with Crippen LogP contribution in [-0.4, -0.2) is 46.2 Å². The van der Waals surface area contributed by atoms with Crippen LogP contribution in [0.1, 0.15) is 44.3 Å². The lowest BCUT2D eigenvalue weighted by atomic mass is 9.99. The molecule has 3 N–H and O–H groups in total. The average molecular weight is 730 g/mol. The molecule has 0 radical (unpaired) electrons. The van der Waals surface area contributed by atoms with E-state index in [1.165, 1.54) is 0 Å². The van der Waals surface area contributed by atoms with Gasteiger partial charge >= 0.3 is 25.1 Å². The lowest BCUT2D eigenvalue weighted by molar-refractivity contribution is -0.253. The zero-order valence-corrected chi connectivity index (χ0v) is 24.7. The Morgan fingerprint density at radius 1 is 0.600 bits per heavy atom. The number of aliphatic hydroxyl groups excluding tert-OH is 3. The molecule has 18 heteroatoms. The van der Waals surface area contributed by atoms with E-state index in [2.05, 4.69) is 9.47 Å². The molecule has 4 rings (SSSR count). The van der Waals surface area contributed by atoms with Gasteiger partial charge in [0.25, 0.3) is 0 Å². The van der Waals surface area contributed by atoms with Gasteiger partial charge < -0.3 is 24.8 Å². The van der Waals surface area contributed by atoms with Gasteiger partial charge in [-0.1, -0.05) is 6.07 Å². The molecule has 0 saturated carbocycles. The van der Waals surface area contributed by atoms with Crippen LogP contribution >= 0.6 is 0 Å². The Bertz CT molecular complexity index is 1800. The van der Waals surface area contributed by atoms with E-state index < -0.39 is 90.5 Å². The first kappa shape index (κ1) is 39.6. The Hall–Kier alpha value is -4.81. The van der Waals surface area contributed by atoms with Gasteiger partial charge in [0.2, 0.25) is 0 Å². The zero-order chi connectivity index (χ0) is 37.6. The first-order valence-corrected chi connectivity index (χ1v) is 13.6. The van der Waals surface area contributed by atoms with Crippen molar-refractivity contribution in [3.05, 3.63) is 129 Å². The predicted octanol–water partition coefficient (Wildman–Crippen LogP) is 7.70. The molecule has 0 amide bonds. The van der Waals surface area contributed by atoms with Gasteiger partial charge in [-0.05, 0) is 65.7 Å². The van der Waals surface area contributed by atoms with Gasteiger partial charge in [-0.2, -0.15) is 35.1 Å². The summed E-state index contributed by atoms with van der Waals surface area (Å²) >= 11 is 0. The Morgan fingerprint density at radius 2 is 1.08 bits per heavy atom. The molecule has 0 fully saturated rings. The number of benzene rings is 4. The summed E-state index contributed by atoms with van der Waals surface area (Å²) < 4.78 is 162. The summed E-state index contributed by atoms with van der Waals surface area (Å²) in [4.78, 5) is 12.3. The lowest BCUT2D eigenvalue weighted by Gasteiger charge is -2.19. The number of halogens is 12. The van der Waals surface area contributed by atoms with Gasteiger partial charge in [0.05, 0.1) is 13.2 Å². The molecule has 0 saturated heterocycles. The number of alkyl halides is 8. The second-order valence-corrected chi connectivity index (χ2v) is 10.0. The van der Waals surface area contributed by atoms with Crippen molar-refractivity contribution in [3.63, 3.8) is 0 Å². The lowest BCUT2D eigenvalue weighted by Crippen LogP contribution is -2.33. The second kappa shape index (κ2) is 16.3. The molecule has 0 aliphatic carbocycles. The molecule has 0 heterocycles. The highest BCUT2D eigenvalue weighted by atomic mass is 19.3. The van der Waals surface area contributed by atoms with E-state index in [-0.39, 0.29) is 27.8 Å². The topological polar surface area (TPSA) is 96.2 Å². The fourth-order valence-electron chi connectivity index (χ4n) is 4.04. The van der Waals surface area contributed by atoms with Crippen molar-refractivity contribution in [1.29, 1.82) is 0 Å². The first-order valence-electron chi connectivity index (χ1n) is 13.6. The summed E-state index contributed by atoms with van der Waals surface area (Å²) in [6.45, 7) is -1.37. The van der Waals surface area contributed by atoms with Crippen molar-refractivity contribution in [2.45, 2.75) is 44.4 Å². The number of hydrogen-bond acceptors (Lipinski definition) is 6. The van der Waals surface area contributed by atoms with E-state index >= 15 is 0 Å². The Morgan fingerprint density at radius 3 is 1.60 bits per heavy atom. The molecule has 0 bridgehead atoms. The first-order chi connectivity index (χ1) is 23.3. The average Bonchev–Trinajstić information content (AvgIpc) is 3.03. The fraction of sp³-hybridized carbons (Fsp3) is 0.219. The minimum atomic E-state index is -4.87. The van der Waals surface area contributed by atoms with Gasteiger partial charge in [-0.15, -0.1) is 0 Å². The van der Waals surface area contributed by atoms with E-state index in [0.717, 1.165) is 48.5 Å². The third-order valence-electron chi connectivity index (χ3n) is 6.39. The standard InChI is InChI=1S/C16H12F6O3.C16H10F6O3/c2*17-11-4-9(5-12(6-11)25-16(21,22)15(19)20)14(24)8-1-2-13(18)10(3-8)7-23/h1-6,14-15,23-24H,7H2;1-6,15,23H,7H2. The van der Waals surface area contributed by atoms with Crippen LogP contribution < -0.4 is 9.47 Å². The Balaban J connectivity index is 0.000000270. The minimum absolute atomic E-state index is 0.0302. The maximum Gasteiger partial charge on any atom is 0.461 e. The van der Waals surface area contributed by atoms with Crippen molar-refractivity contribution < 1.29 is 82.3 Å². The van der Waals surface area contributed by atoms with Gasteiger partial charge in [0.15, 0.2) is 5.78 Å². The summed E-state index contributed by atoms with van der Waals surface area (Å²) in [5, 5.41) is 28.2. The fourth-order valence-corrected chi connectivity index (χ4v) is 4.04. The molecule has 0 aromatic heterocycles. The highest BCUT2D eigenvalue weighted by molar-refractivity contribution is 6.09. The van der Waals surface area contributed by atoms with Crippen LogP contribution in [0, 0.1) is 23.3 Å². The largest absolute Gasteiger partial charge is 0.461 e. The minimum Gasteiger partial charge on any atom is -0.428 e. The van der Waals surface area contributed by atoms with Crippen LogP contribution in [0.25, 0.3) is 0 Å². The van der Waals surface area contributed by atoms with E-state index in [1.807, 2.05) is 0 Å². The molecule has 1 unspecified atom stereocenters.